The molecule has 1 fully saturated rings. The van der Waals surface area contributed by atoms with E-state index in [2.05, 4.69) is 48.3 Å². The fraction of sp³-hybridized carbons (Fsp3) is 0.667. The average Bonchev–Trinajstić information content (AvgIpc) is 2.77. The van der Waals surface area contributed by atoms with Crippen LogP contribution in [-0.2, 0) is 5.75 Å². The molecule has 0 radical (unpaired) electrons. The maximum atomic E-state index is 3.95. The van der Waals surface area contributed by atoms with Gasteiger partial charge in [0.2, 0.25) is 0 Å². The largest absolute Gasteiger partial charge is 0.306 e. The van der Waals surface area contributed by atoms with Crippen LogP contribution in [0.1, 0.15) is 62.6 Å². The fourth-order valence-corrected chi connectivity index (χ4v) is 4.90. The summed E-state index contributed by atoms with van der Waals surface area (Å²) in [5.74, 6) is 3.30. The molecule has 1 N–H and O–H groups in total. The molecule has 2 atom stereocenters. The number of hydrogen-bond acceptors (Lipinski definition) is 2. The molecular formula is C18H27NS. The Morgan fingerprint density at radius 2 is 1.85 bits per heavy atom. The van der Waals surface area contributed by atoms with Crippen LogP contribution in [-0.4, -0.2) is 11.8 Å². The van der Waals surface area contributed by atoms with Crippen LogP contribution in [0.3, 0.4) is 0 Å². The Balaban J connectivity index is 1.65. The van der Waals surface area contributed by atoms with Gasteiger partial charge in [-0.15, -0.1) is 0 Å². The smallest absolute Gasteiger partial charge is 0.0417 e. The topological polar surface area (TPSA) is 12.0 Å². The second-order valence-electron chi connectivity index (χ2n) is 6.47. The minimum Gasteiger partial charge on any atom is -0.306 e. The zero-order chi connectivity index (χ0) is 13.8. The van der Waals surface area contributed by atoms with Crippen molar-refractivity contribution in [3.05, 3.63) is 35.4 Å². The van der Waals surface area contributed by atoms with Crippen molar-refractivity contribution in [1.82, 2.24) is 5.32 Å². The van der Waals surface area contributed by atoms with E-state index in [4.69, 9.17) is 0 Å². The molecule has 1 unspecified atom stereocenters. The fourth-order valence-electron chi connectivity index (χ4n) is 3.78. The van der Waals surface area contributed by atoms with Crippen LogP contribution in [0.4, 0.5) is 0 Å². The highest BCUT2D eigenvalue weighted by Crippen LogP contribution is 2.33. The third-order valence-corrected chi connectivity index (χ3v) is 6.13. The maximum absolute atomic E-state index is 3.95. The van der Waals surface area contributed by atoms with Gasteiger partial charge in [0.15, 0.2) is 0 Å². The highest BCUT2D eigenvalue weighted by molar-refractivity contribution is 7.98. The van der Waals surface area contributed by atoms with Gasteiger partial charge in [-0.3, -0.25) is 0 Å². The van der Waals surface area contributed by atoms with Crippen molar-refractivity contribution in [3.8, 4) is 0 Å². The molecule has 20 heavy (non-hydrogen) atoms. The summed E-state index contributed by atoms with van der Waals surface area (Å²) >= 11 is 2.08. The van der Waals surface area contributed by atoms with E-state index in [9.17, 15) is 0 Å². The molecule has 0 spiro atoms. The SMILES string of the molecule is C[C@@H](NC1CSCc2ccccc21)C1CCCCCC1. The lowest BCUT2D eigenvalue weighted by atomic mass is 9.91. The highest BCUT2D eigenvalue weighted by Gasteiger charge is 2.25. The van der Waals surface area contributed by atoms with Gasteiger partial charge >= 0.3 is 0 Å². The van der Waals surface area contributed by atoms with Crippen molar-refractivity contribution in [3.63, 3.8) is 0 Å². The van der Waals surface area contributed by atoms with E-state index >= 15 is 0 Å². The quantitative estimate of drug-likeness (QED) is 0.792. The van der Waals surface area contributed by atoms with Gasteiger partial charge in [-0.2, -0.15) is 11.8 Å². The molecule has 110 valence electrons. The molecule has 1 aromatic rings. The Morgan fingerprint density at radius 1 is 1.10 bits per heavy atom. The third-order valence-electron chi connectivity index (χ3n) is 5.04. The molecular weight excluding hydrogens is 262 g/mol. The summed E-state index contributed by atoms with van der Waals surface area (Å²) in [4.78, 5) is 0. The van der Waals surface area contributed by atoms with Crippen LogP contribution < -0.4 is 5.32 Å². The van der Waals surface area contributed by atoms with Crippen molar-refractivity contribution >= 4 is 11.8 Å². The van der Waals surface area contributed by atoms with Gasteiger partial charge in [-0.25, -0.2) is 0 Å². The second kappa shape index (κ2) is 7.00. The van der Waals surface area contributed by atoms with Gasteiger partial charge in [0, 0.05) is 23.6 Å². The molecule has 1 aliphatic carbocycles. The molecule has 2 aliphatic rings. The minimum absolute atomic E-state index is 0.559. The lowest BCUT2D eigenvalue weighted by Crippen LogP contribution is -2.38. The molecule has 0 saturated heterocycles. The molecule has 0 bridgehead atoms. The highest BCUT2D eigenvalue weighted by atomic mass is 32.2. The van der Waals surface area contributed by atoms with Gasteiger partial charge in [0.05, 0.1) is 0 Å². The predicted octanol–water partition coefficient (Wildman–Crippen LogP) is 4.92. The molecule has 1 saturated carbocycles. The zero-order valence-electron chi connectivity index (χ0n) is 12.6. The van der Waals surface area contributed by atoms with Crippen LogP contribution in [0.25, 0.3) is 0 Å². The van der Waals surface area contributed by atoms with E-state index < -0.39 is 0 Å². The van der Waals surface area contributed by atoms with E-state index in [-0.39, 0.29) is 0 Å². The maximum Gasteiger partial charge on any atom is 0.0417 e. The third kappa shape index (κ3) is 3.40. The van der Waals surface area contributed by atoms with Gasteiger partial charge in [-0.1, -0.05) is 49.9 Å². The van der Waals surface area contributed by atoms with Gasteiger partial charge in [0.1, 0.15) is 0 Å². The molecule has 2 heteroatoms. The molecule has 3 rings (SSSR count). The molecule has 1 aromatic carbocycles. The molecule has 1 nitrogen and oxygen atoms in total. The van der Waals surface area contributed by atoms with E-state index in [1.54, 1.807) is 5.56 Å². The first-order valence-corrected chi connectivity index (χ1v) is 9.41. The summed E-state index contributed by atoms with van der Waals surface area (Å²) in [7, 11) is 0. The van der Waals surface area contributed by atoms with Crippen LogP contribution in [0.5, 0.6) is 0 Å². The van der Waals surface area contributed by atoms with E-state index in [0.29, 0.717) is 12.1 Å². The minimum atomic E-state index is 0.559. The number of thioether (sulfide) groups is 1. The van der Waals surface area contributed by atoms with Crippen LogP contribution >= 0.6 is 11.8 Å². The number of hydrogen-bond donors (Lipinski definition) is 1. The molecule has 0 aromatic heterocycles. The summed E-state index contributed by atoms with van der Waals surface area (Å²) in [6.07, 6.45) is 8.63. The second-order valence-corrected chi connectivity index (χ2v) is 7.50. The predicted molar refractivity (Wildman–Crippen MR) is 89.1 cm³/mol. The van der Waals surface area contributed by atoms with Crippen molar-refractivity contribution in [2.45, 2.75) is 63.3 Å². The van der Waals surface area contributed by atoms with Gasteiger partial charge in [-0.05, 0) is 36.8 Å². The number of nitrogens with one attached hydrogen (secondary N) is 1. The summed E-state index contributed by atoms with van der Waals surface area (Å²) in [6.45, 7) is 2.41. The normalized spacial score (nSPS) is 25.8. The molecule has 0 amide bonds. The van der Waals surface area contributed by atoms with Crippen molar-refractivity contribution in [2.24, 2.45) is 5.92 Å². The van der Waals surface area contributed by atoms with Crippen LogP contribution in [0.15, 0.2) is 24.3 Å². The van der Waals surface area contributed by atoms with Crippen molar-refractivity contribution in [1.29, 1.82) is 0 Å². The number of rotatable bonds is 3. The summed E-state index contributed by atoms with van der Waals surface area (Å²) in [5.41, 5.74) is 3.08. The summed E-state index contributed by atoms with van der Waals surface area (Å²) in [5, 5.41) is 3.95. The van der Waals surface area contributed by atoms with Gasteiger partial charge < -0.3 is 5.32 Å². The van der Waals surface area contributed by atoms with Crippen LogP contribution in [0.2, 0.25) is 0 Å². The Hall–Kier alpha value is -0.470. The number of benzene rings is 1. The average molecular weight is 289 g/mol. The zero-order valence-corrected chi connectivity index (χ0v) is 13.4. The van der Waals surface area contributed by atoms with E-state index in [0.717, 1.165) is 5.92 Å². The summed E-state index contributed by atoms with van der Waals surface area (Å²) < 4.78 is 0. The summed E-state index contributed by atoms with van der Waals surface area (Å²) in [6, 6.07) is 10.2. The first-order chi connectivity index (χ1) is 9.84. The lowest BCUT2D eigenvalue weighted by molar-refractivity contribution is 0.317. The Bertz CT molecular complexity index is 423. The van der Waals surface area contributed by atoms with E-state index in [1.807, 2.05) is 0 Å². The Morgan fingerprint density at radius 3 is 2.65 bits per heavy atom. The lowest BCUT2D eigenvalue weighted by Gasteiger charge is -2.32. The molecule has 1 heterocycles. The standard InChI is InChI=1S/C18H27NS/c1-14(15-8-4-2-3-5-9-15)19-18-13-20-12-16-10-6-7-11-17(16)18/h6-7,10-11,14-15,18-19H,2-5,8-9,12-13H2,1H3/t14-,18?/m1/s1. The molecule has 1 aliphatic heterocycles. The van der Waals surface area contributed by atoms with Crippen molar-refractivity contribution in [2.75, 3.05) is 5.75 Å². The van der Waals surface area contributed by atoms with Crippen LogP contribution in [0, 0.1) is 5.92 Å². The number of fused-ring (bicyclic) bond motifs is 1. The van der Waals surface area contributed by atoms with Crippen molar-refractivity contribution < 1.29 is 0 Å². The first kappa shape index (κ1) is 14.5. The Labute approximate surface area is 127 Å². The van der Waals surface area contributed by atoms with Gasteiger partial charge in [0.25, 0.3) is 0 Å². The first-order valence-electron chi connectivity index (χ1n) is 8.26. The van der Waals surface area contributed by atoms with E-state index in [1.165, 1.54) is 55.6 Å². The Kier molecular flexibility index (Phi) is 5.06. The monoisotopic (exact) mass is 289 g/mol.